The molecule has 0 saturated heterocycles. The number of carbonyl (C=O) groups excluding carboxylic acids is 2. The zero-order valence-electron chi connectivity index (χ0n) is 12.6. The van der Waals surface area contributed by atoms with Crippen LogP contribution in [-0.2, 0) is 9.53 Å². The summed E-state index contributed by atoms with van der Waals surface area (Å²) in [6.45, 7) is 4.34. The quantitative estimate of drug-likeness (QED) is 0.720. The molecule has 0 heterocycles. The molecule has 0 aliphatic heterocycles. The van der Waals surface area contributed by atoms with Gasteiger partial charge in [-0.1, -0.05) is 25.5 Å². The zero-order chi connectivity index (χ0) is 15.7. The van der Waals surface area contributed by atoms with Crippen LogP contribution in [0.15, 0.2) is 24.3 Å². The third-order valence-electron chi connectivity index (χ3n) is 3.04. The van der Waals surface area contributed by atoms with Gasteiger partial charge >= 0.3 is 5.97 Å². The fraction of sp³-hybridized carbons (Fsp3) is 0.500. The molecular weight excluding hydrogens is 270 g/mol. The Morgan fingerprint density at radius 3 is 2.48 bits per heavy atom. The van der Waals surface area contributed by atoms with Crippen molar-refractivity contribution in [1.82, 2.24) is 5.32 Å². The Bertz CT molecular complexity index is 456. The van der Waals surface area contributed by atoms with Crippen LogP contribution in [0, 0.1) is 0 Å². The Hall–Kier alpha value is -1.88. The third-order valence-corrected chi connectivity index (χ3v) is 3.04. The van der Waals surface area contributed by atoms with Gasteiger partial charge in [-0.05, 0) is 31.0 Å². The molecule has 0 aliphatic rings. The second-order valence-electron chi connectivity index (χ2n) is 4.74. The van der Waals surface area contributed by atoms with Gasteiger partial charge in [-0.2, -0.15) is 0 Å². The second kappa shape index (κ2) is 9.13. The third kappa shape index (κ3) is 5.95. The number of amides is 1. The molecule has 0 aliphatic carbocycles. The largest absolute Gasteiger partial charge is 0.466 e. The molecule has 1 rings (SSSR count). The molecule has 116 valence electrons. The van der Waals surface area contributed by atoms with Crippen LogP contribution >= 0.6 is 0 Å². The van der Waals surface area contributed by atoms with E-state index >= 15 is 0 Å². The number of hydrogen-bond acceptors (Lipinski definition) is 4. The van der Waals surface area contributed by atoms with Crippen LogP contribution in [0.5, 0.6) is 0 Å². The maximum atomic E-state index is 11.9. The van der Waals surface area contributed by atoms with E-state index in [-0.39, 0.29) is 24.8 Å². The maximum absolute atomic E-state index is 11.9. The molecule has 1 aromatic rings. The highest BCUT2D eigenvalue weighted by Gasteiger charge is 2.09. The first kappa shape index (κ1) is 17.2. The van der Waals surface area contributed by atoms with Gasteiger partial charge in [0.25, 0.3) is 5.91 Å². The van der Waals surface area contributed by atoms with Crippen LogP contribution in [0.2, 0.25) is 0 Å². The van der Waals surface area contributed by atoms with E-state index in [1.807, 2.05) is 6.92 Å². The fourth-order valence-corrected chi connectivity index (χ4v) is 1.91. The topological polar surface area (TPSA) is 75.6 Å². The number of esters is 1. The van der Waals surface area contributed by atoms with Crippen LogP contribution in [0.25, 0.3) is 0 Å². The molecule has 0 spiro atoms. The molecular formula is C16H23NO4. The minimum atomic E-state index is -0.490. The van der Waals surface area contributed by atoms with Crippen molar-refractivity contribution in [2.45, 2.75) is 39.2 Å². The molecule has 0 fully saturated rings. The normalized spacial score (nSPS) is 11.8. The summed E-state index contributed by atoms with van der Waals surface area (Å²) in [7, 11) is 0. The van der Waals surface area contributed by atoms with Crippen LogP contribution in [-0.4, -0.2) is 30.1 Å². The number of aliphatic hydroxyl groups excluding tert-OH is 1. The number of hydrogen-bond donors (Lipinski definition) is 2. The lowest BCUT2D eigenvalue weighted by Crippen LogP contribution is -2.26. The van der Waals surface area contributed by atoms with E-state index in [9.17, 15) is 14.7 Å². The number of rotatable bonds is 8. The average molecular weight is 293 g/mol. The maximum Gasteiger partial charge on any atom is 0.307 e. The van der Waals surface area contributed by atoms with Crippen molar-refractivity contribution < 1.29 is 19.4 Å². The highest BCUT2D eigenvalue weighted by Crippen LogP contribution is 2.18. The predicted octanol–water partition coefficient (Wildman–Crippen LogP) is 2.20. The monoisotopic (exact) mass is 293 g/mol. The SMILES string of the molecule is CCCC(O)c1ccc(C(=O)NCCC(=O)OCC)cc1. The lowest BCUT2D eigenvalue weighted by molar-refractivity contribution is -0.142. The molecule has 1 unspecified atom stereocenters. The lowest BCUT2D eigenvalue weighted by atomic mass is 10.0. The molecule has 5 nitrogen and oxygen atoms in total. The molecule has 0 radical (unpaired) electrons. The highest BCUT2D eigenvalue weighted by molar-refractivity contribution is 5.94. The number of ether oxygens (including phenoxy) is 1. The fourth-order valence-electron chi connectivity index (χ4n) is 1.91. The molecule has 1 amide bonds. The van der Waals surface area contributed by atoms with Gasteiger partial charge in [0.2, 0.25) is 0 Å². The van der Waals surface area contributed by atoms with Gasteiger partial charge < -0.3 is 15.2 Å². The van der Waals surface area contributed by atoms with E-state index in [4.69, 9.17) is 4.74 Å². The van der Waals surface area contributed by atoms with E-state index in [0.29, 0.717) is 18.6 Å². The first-order valence-corrected chi connectivity index (χ1v) is 7.30. The average Bonchev–Trinajstić information content (AvgIpc) is 2.48. The van der Waals surface area contributed by atoms with Crippen LogP contribution in [0.1, 0.15) is 55.1 Å². The summed E-state index contributed by atoms with van der Waals surface area (Å²) in [6, 6.07) is 6.85. The van der Waals surface area contributed by atoms with Crippen molar-refractivity contribution >= 4 is 11.9 Å². The molecule has 0 bridgehead atoms. The van der Waals surface area contributed by atoms with Crippen molar-refractivity contribution in [2.24, 2.45) is 0 Å². The Morgan fingerprint density at radius 1 is 1.24 bits per heavy atom. The van der Waals surface area contributed by atoms with E-state index in [1.165, 1.54) is 0 Å². The molecule has 0 saturated carbocycles. The van der Waals surface area contributed by atoms with Gasteiger partial charge in [0.05, 0.1) is 19.1 Å². The van der Waals surface area contributed by atoms with Crippen molar-refractivity contribution in [1.29, 1.82) is 0 Å². The highest BCUT2D eigenvalue weighted by atomic mass is 16.5. The Labute approximate surface area is 125 Å². The van der Waals surface area contributed by atoms with E-state index in [2.05, 4.69) is 5.32 Å². The summed E-state index contributed by atoms with van der Waals surface area (Å²) in [5, 5.41) is 12.5. The number of carbonyl (C=O) groups is 2. The molecule has 1 atom stereocenters. The summed E-state index contributed by atoms with van der Waals surface area (Å²) in [5.41, 5.74) is 1.31. The number of nitrogens with one attached hydrogen (secondary N) is 1. The molecule has 2 N–H and O–H groups in total. The van der Waals surface area contributed by atoms with Crippen molar-refractivity contribution in [3.63, 3.8) is 0 Å². The van der Waals surface area contributed by atoms with Gasteiger partial charge in [0.1, 0.15) is 0 Å². The van der Waals surface area contributed by atoms with Crippen molar-refractivity contribution in [3.8, 4) is 0 Å². The van der Waals surface area contributed by atoms with Gasteiger partial charge in [-0.25, -0.2) is 0 Å². The summed E-state index contributed by atoms with van der Waals surface area (Å²) < 4.78 is 4.78. The van der Waals surface area contributed by atoms with Crippen LogP contribution < -0.4 is 5.32 Å². The Kier molecular flexibility index (Phi) is 7.46. The first-order chi connectivity index (χ1) is 10.1. The lowest BCUT2D eigenvalue weighted by Gasteiger charge is -2.10. The van der Waals surface area contributed by atoms with Gasteiger partial charge in [-0.15, -0.1) is 0 Å². The summed E-state index contributed by atoms with van der Waals surface area (Å²) in [5.74, 6) is -0.563. The minimum absolute atomic E-state index is 0.160. The van der Waals surface area contributed by atoms with E-state index < -0.39 is 6.10 Å². The van der Waals surface area contributed by atoms with Crippen LogP contribution in [0.3, 0.4) is 0 Å². The zero-order valence-corrected chi connectivity index (χ0v) is 12.6. The summed E-state index contributed by atoms with van der Waals surface area (Å²) in [4.78, 5) is 23.0. The molecule has 21 heavy (non-hydrogen) atoms. The molecule has 1 aromatic carbocycles. The standard InChI is InChI=1S/C16H23NO4/c1-3-5-14(18)12-6-8-13(9-7-12)16(20)17-11-10-15(19)21-4-2/h6-9,14,18H,3-5,10-11H2,1-2H3,(H,17,20). The first-order valence-electron chi connectivity index (χ1n) is 7.30. The van der Waals surface area contributed by atoms with E-state index in [1.54, 1.807) is 31.2 Å². The van der Waals surface area contributed by atoms with Gasteiger partial charge in [0, 0.05) is 12.1 Å². The summed E-state index contributed by atoms with van der Waals surface area (Å²) in [6.07, 6.45) is 1.27. The van der Waals surface area contributed by atoms with Crippen LogP contribution in [0.4, 0.5) is 0 Å². The van der Waals surface area contributed by atoms with Crippen molar-refractivity contribution in [3.05, 3.63) is 35.4 Å². The van der Waals surface area contributed by atoms with Gasteiger partial charge in [-0.3, -0.25) is 9.59 Å². The number of benzene rings is 1. The molecule has 0 aromatic heterocycles. The Balaban J connectivity index is 2.46. The van der Waals surface area contributed by atoms with Crippen molar-refractivity contribution in [2.75, 3.05) is 13.2 Å². The summed E-state index contributed by atoms with van der Waals surface area (Å²) >= 11 is 0. The Morgan fingerprint density at radius 2 is 1.90 bits per heavy atom. The number of aliphatic hydroxyl groups is 1. The second-order valence-corrected chi connectivity index (χ2v) is 4.74. The minimum Gasteiger partial charge on any atom is -0.466 e. The van der Waals surface area contributed by atoms with Gasteiger partial charge in [0.15, 0.2) is 0 Å². The predicted molar refractivity (Wildman–Crippen MR) is 79.9 cm³/mol. The van der Waals surface area contributed by atoms with E-state index in [0.717, 1.165) is 12.0 Å². The molecule has 5 heteroatoms. The smallest absolute Gasteiger partial charge is 0.307 e.